The van der Waals surface area contributed by atoms with E-state index in [0.29, 0.717) is 12.2 Å². The Labute approximate surface area is 105 Å². The number of amides is 1. The second kappa shape index (κ2) is 5.35. The lowest BCUT2D eigenvalue weighted by Crippen LogP contribution is -2.23. The van der Waals surface area contributed by atoms with Crippen LogP contribution < -0.4 is 10.1 Å². The second-order valence-corrected chi connectivity index (χ2v) is 3.97. The number of carbonyl (C=O) groups excluding carboxylic acids is 1. The highest BCUT2D eigenvalue weighted by molar-refractivity contribution is 5.92. The molecule has 2 aromatic rings. The van der Waals surface area contributed by atoms with Crippen molar-refractivity contribution in [2.75, 3.05) is 7.11 Å². The highest BCUT2D eigenvalue weighted by atomic mass is 16.5. The molecule has 5 nitrogen and oxygen atoms in total. The van der Waals surface area contributed by atoms with E-state index in [2.05, 4.69) is 15.5 Å². The number of aryl methyl sites for hydroxylation is 1. The number of H-pyrrole nitrogens is 1. The summed E-state index contributed by atoms with van der Waals surface area (Å²) in [4.78, 5) is 11.7. The Morgan fingerprint density at radius 2 is 2.11 bits per heavy atom. The Morgan fingerprint density at radius 3 is 2.67 bits per heavy atom. The van der Waals surface area contributed by atoms with Crippen LogP contribution in [0.1, 0.15) is 21.7 Å². The summed E-state index contributed by atoms with van der Waals surface area (Å²) in [5.41, 5.74) is 2.28. The zero-order valence-corrected chi connectivity index (χ0v) is 10.4. The number of methoxy groups -OCH3 is 1. The van der Waals surface area contributed by atoms with E-state index in [1.165, 1.54) is 0 Å². The smallest absolute Gasteiger partial charge is 0.272 e. The van der Waals surface area contributed by atoms with Crippen LogP contribution in [0.4, 0.5) is 0 Å². The third-order valence-electron chi connectivity index (χ3n) is 2.55. The molecule has 2 N–H and O–H groups in total. The molecule has 1 heterocycles. The highest BCUT2D eigenvalue weighted by Crippen LogP contribution is 2.11. The van der Waals surface area contributed by atoms with E-state index >= 15 is 0 Å². The maximum Gasteiger partial charge on any atom is 0.272 e. The van der Waals surface area contributed by atoms with Crippen molar-refractivity contribution in [1.82, 2.24) is 15.5 Å². The molecule has 0 bridgehead atoms. The standard InChI is InChI=1S/C13H15N3O2/c1-9-7-12(16-15-9)13(17)14-8-10-3-5-11(18-2)6-4-10/h3-7H,8H2,1-2H3,(H,14,17)(H,15,16). The molecule has 5 heteroatoms. The highest BCUT2D eigenvalue weighted by Gasteiger charge is 2.08. The Balaban J connectivity index is 1.92. The van der Waals surface area contributed by atoms with E-state index < -0.39 is 0 Å². The summed E-state index contributed by atoms with van der Waals surface area (Å²) in [5, 5.41) is 9.44. The summed E-state index contributed by atoms with van der Waals surface area (Å²) < 4.78 is 5.07. The number of carbonyl (C=O) groups is 1. The third-order valence-corrected chi connectivity index (χ3v) is 2.55. The molecular weight excluding hydrogens is 230 g/mol. The Kier molecular flexibility index (Phi) is 3.62. The summed E-state index contributed by atoms with van der Waals surface area (Å²) >= 11 is 0. The van der Waals surface area contributed by atoms with Gasteiger partial charge in [0.2, 0.25) is 0 Å². The van der Waals surface area contributed by atoms with Gasteiger partial charge in [-0.3, -0.25) is 9.89 Å². The number of rotatable bonds is 4. The third kappa shape index (κ3) is 2.88. The largest absolute Gasteiger partial charge is 0.497 e. The molecule has 0 fully saturated rings. The van der Waals surface area contributed by atoms with Gasteiger partial charge in [0, 0.05) is 12.2 Å². The lowest BCUT2D eigenvalue weighted by molar-refractivity contribution is 0.0946. The number of aromatic nitrogens is 2. The molecular formula is C13H15N3O2. The average molecular weight is 245 g/mol. The Morgan fingerprint density at radius 1 is 1.39 bits per heavy atom. The first-order chi connectivity index (χ1) is 8.69. The van der Waals surface area contributed by atoms with Crippen molar-refractivity contribution in [3.63, 3.8) is 0 Å². The predicted molar refractivity (Wildman–Crippen MR) is 67.5 cm³/mol. The average Bonchev–Trinajstić information content (AvgIpc) is 2.83. The number of hydrogen-bond donors (Lipinski definition) is 2. The molecule has 94 valence electrons. The van der Waals surface area contributed by atoms with Crippen molar-refractivity contribution in [3.8, 4) is 5.75 Å². The fraction of sp³-hybridized carbons (Fsp3) is 0.231. The van der Waals surface area contributed by atoms with E-state index in [4.69, 9.17) is 4.74 Å². The molecule has 0 saturated heterocycles. The molecule has 0 unspecified atom stereocenters. The van der Waals surface area contributed by atoms with Gasteiger partial charge in [-0.2, -0.15) is 5.10 Å². The summed E-state index contributed by atoms with van der Waals surface area (Å²) in [6, 6.07) is 9.26. The number of nitrogens with zero attached hydrogens (tertiary/aromatic N) is 1. The molecule has 0 aliphatic rings. The van der Waals surface area contributed by atoms with E-state index in [1.807, 2.05) is 31.2 Å². The van der Waals surface area contributed by atoms with Crippen LogP contribution in [0.15, 0.2) is 30.3 Å². The van der Waals surface area contributed by atoms with Crippen molar-refractivity contribution in [1.29, 1.82) is 0 Å². The van der Waals surface area contributed by atoms with Crippen LogP contribution in [0.25, 0.3) is 0 Å². The summed E-state index contributed by atoms with van der Waals surface area (Å²) in [6.45, 7) is 2.32. The van der Waals surface area contributed by atoms with Gasteiger partial charge in [0.05, 0.1) is 7.11 Å². The maximum absolute atomic E-state index is 11.7. The maximum atomic E-state index is 11.7. The topological polar surface area (TPSA) is 67.0 Å². The van der Waals surface area contributed by atoms with Crippen LogP contribution in [-0.2, 0) is 6.54 Å². The van der Waals surface area contributed by atoms with Gasteiger partial charge in [-0.05, 0) is 30.7 Å². The Hall–Kier alpha value is -2.30. The van der Waals surface area contributed by atoms with Gasteiger partial charge >= 0.3 is 0 Å². The zero-order chi connectivity index (χ0) is 13.0. The minimum Gasteiger partial charge on any atom is -0.497 e. The lowest BCUT2D eigenvalue weighted by atomic mass is 10.2. The first kappa shape index (κ1) is 12.2. The molecule has 0 saturated carbocycles. The van der Waals surface area contributed by atoms with Gasteiger partial charge in [0.25, 0.3) is 5.91 Å². The van der Waals surface area contributed by atoms with E-state index in [1.54, 1.807) is 13.2 Å². The van der Waals surface area contributed by atoms with Gasteiger partial charge in [-0.1, -0.05) is 12.1 Å². The summed E-state index contributed by atoms with van der Waals surface area (Å²) in [5.74, 6) is 0.614. The minimum absolute atomic E-state index is 0.185. The molecule has 0 aliphatic carbocycles. The summed E-state index contributed by atoms with van der Waals surface area (Å²) in [6.07, 6.45) is 0. The van der Waals surface area contributed by atoms with Gasteiger partial charge in [-0.25, -0.2) is 0 Å². The second-order valence-electron chi connectivity index (χ2n) is 3.97. The van der Waals surface area contributed by atoms with Crippen molar-refractivity contribution >= 4 is 5.91 Å². The van der Waals surface area contributed by atoms with Crippen LogP contribution in [0.5, 0.6) is 5.75 Å². The van der Waals surface area contributed by atoms with Crippen LogP contribution in [0.3, 0.4) is 0 Å². The van der Waals surface area contributed by atoms with Gasteiger partial charge in [0.1, 0.15) is 11.4 Å². The number of aromatic amines is 1. The number of nitrogens with one attached hydrogen (secondary N) is 2. The number of benzene rings is 1. The SMILES string of the molecule is COc1ccc(CNC(=O)c2cc(C)[nH]n2)cc1. The first-order valence-corrected chi connectivity index (χ1v) is 5.62. The minimum atomic E-state index is -0.185. The van der Waals surface area contributed by atoms with Crippen molar-refractivity contribution in [3.05, 3.63) is 47.3 Å². The fourth-order valence-electron chi connectivity index (χ4n) is 1.55. The lowest BCUT2D eigenvalue weighted by Gasteiger charge is -2.04. The van der Waals surface area contributed by atoms with Gasteiger partial charge in [0.15, 0.2) is 0 Å². The van der Waals surface area contributed by atoms with Crippen LogP contribution in [0, 0.1) is 6.92 Å². The molecule has 0 radical (unpaired) electrons. The molecule has 18 heavy (non-hydrogen) atoms. The molecule has 2 rings (SSSR count). The fourth-order valence-corrected chi connectivity index (χ4v) is 1.55. The quantitative estimate of drug-likeness (QED) is 0.860. The van der Waals surface area contributed by atoms with Crippen molar-refractivity contribution in [2.45, 2.75) is 13.5 Å². The van der Waals surface area contributed by atoms with Crippen molar-refractivity contribution in [2.24, 2.45) is 0 Å². The molecule has 0 atom stereocenters. The van der Waals surface area contributed by atoms with Crippen LogP contribution in [0.2, 0.25) is 0 Å². The van der Waals surface area contributed by atoms with Crippen LogP contribution >= 0.6 is 0 Å². The summed E-state index contributed by atoms with van der Waals surface area (Å²) in [7, 11) is 1.62. The monoisotopic (exact) mass is 245 g/mol. The van der Waals surface area contributed by atoms with Crippen LogP contribution in [-0.4, -0.2) is 23.2 Å². The van der Waals surface area contributed by atoms with E-state index in [-0.39, 0.29) is 5.91 Å². The molecule has 1 amide bonds. The number of hydrogen-bond acceptors (Lipinski definition) is 3. The van der Waals surface area contributed by atoms with E-state index in [0.717, 1.165) is 17.0 Å². The van der Waals surface area contributed by atoms with Gasteiger partial charge in [-0.15, -0.1) is 0 Å². The first-order valence-electron chi connectivity index (χ1n) is 5.62. The number of ether oxygens (including phenoxy) is 1. The normalized spacial score (nSPS) is 10.1. The molecule has 0 spiro atoms. The van der Waals surface area contributed by atoms with Crippen molar-refractivity contribution < 1.29 is 9.53 Å². The molecule has 1 aromatic carbocycles. The molecule has 1 aromatic heterocycles. The zero-order valence-electron chi connectivity index (χ0n) is 10.4. The Bertz CT molecular complexity index is 531. The molecule has 0 aliphatic heterocycles. The predicted octanol–water partition coefficient (Wildman–Crippen LogP) is 1.66. The van der Waals surface area contributed by atoms with Gasteiger partial charge < -0.3 is 10.1 Å². The van der Waals surface area contributed by atoms with E-state index in [9.17, 15) is 4.79 Å².